The zero-order chi connectivity index (χ0) is 21.6. The Balaban J connectivity index is 1.20. The highest BCUT2D eigenvalue weighted by Crippen LogP contribution is 2.39. The SMILES string of the molecule is O=C(NC1C[C@H]2CC[C@@H](C1)N2S(=O)(=O)CC1CCNCC1)c1cc(C2(F)COC2)on1. The van der Waals surface area contributed by atoms with Crippen molar-refractivity contribution in [3.05, 3.63) is 17.5 Å². The number of nitrogens with zero attached hydrogens (tertiary/aromatic N) is 2. The normalized spacial score (nSPS) is 31.3. The van der Waals surface area contributed by atoms with Crippen LogP contribution >= 0.6 is 0 Å². The molecule has 0 spiro atoms. The van der Waals surface area contributed by atoms with E-state index < -0.39 is 21.6 Å². The maximum absolute atomic E-state index is 14.4. The molecule has 172 valence electrons. The van der Waals surface area contributed by atoms with Crippen LogP contribution in [0.5, 0.6) is 0 Å². The smallest absolute Gasteiger partial charge is 0.273 e. The molecule has 0 radical (unpaired) electrons. The molecule has 4 fully saturated rings. The first kappa shape index (κ1) is 21.3. The van der Waals surface area contributed by atoms with Crippen molar-refractivity contribution >= 4 is 15.9 Å². The quantitative estimate of drug-likeness (QED) is 0.654. The number of sulfonamides is 1. The first-order chi connectivity index (χ1) is 14.8. The van der Waals surface area contributed by atoms with E-state index in [0.29, 0.717) is 12.8 Å². The lowest BCUT2D eigenvalue weighted by atomic mass is 9.99. The molecule has 1 aromatic heterocycles. The number of amides is 1. The molecule has 2 bridgehead atoms. The van der Waals surface area contributed by atoms with Crippen LogP contribution in [0.1, 0.15) is 54.8 Å². The van der Waals surface area contributed by atoms with Crippen molar-refractivity contribution in [2.24, 2.45) is 5.92 Å². The molecule has 31 heavy (non-hydrogen) atoms. The fourth-order valence-corrected chi connectivity index (χ4v) is 7.81. The average Bonchev–Trinajstić information content (AvgIpc) is 3.31. The van der Waals surface area contributed by atoms with Crippen LogP contribution in [0.25, 0.3) is 0 Å². The molecule has 11 heteroatoms. The summed E-state index contributed by atoms with van der Waals surface area (Å²) in [7, 11) is -3.32. The van der Waals surface area contributed by atoms with Gasteiger partial charge in [-0.2, -0.15) is 4.31 Å². The molecule has 4 aliphatic rings. The molecule has 4 aliphatic heterocycles. The van der Waals surface area contributed by atoms with Gasteiger partial charge in [-0.25, -0.2) is 12.8 Å². The van der Waals surface area contributed by atoms with E-state index in [1.165, 1.54) is 6.07 Å². The third kappa shape index (κ3) is 4.12. The fraction of sp³-hybridized carbons (Fsp3) is 0.800. The van der Waals surface area contributed by atoms with Gasteiger partial charge in [0.15, 0.2) is 11.5 Å². The van der Waals surface area contributed by atoms with E-state index in [-0.39, 0.29) is 54.5 Å². The molecule has 3 atom stereocenters. The average molecular weight is 457 g/mol. The van der Waals surface area contributed by atoms with Crippen molar-refractivity contribution in [2.45, 2.75) is 62.3 Å². The number of rotatable bonds is 6. The number of nitrogens with one attached hydrogen (secondary N) is 2. The van der Waals surface area contributed by atoms with E-state index in [0.717, 1.165) is 38.8 Å². The minimum atomic E-state index is -3.32. The van der Waals surface area contributed by atoms with Gasteiger partial charge in [0.2, 0.25) is 15.7 Å². The Morgan fingerprint density at radius 1 is 1.23 bits per heavy atom. The minimum Gasteiger partial charge on any atom is -0.374 e. The first-order valence-corrected chi connectivity index (χ1v) is 12.7. The lowest BCUT2D eigenvalue weighted by Crippen LogP contribution is -2.53. The predicted octanol–water partition coefficient (Wildman–Crippen LogP) is 0.924. The number of aromatic nitrogens is 1. The molecule has 9 nitrogen and oxygen atoms in total. The summed E-state index contributed by atoms with van der Waals surface area (Å²) in [4.78, 5) is 12.6. The monoisotopic (exact) mass is 456 g/mol. The van der Waals surface area contributed by atoms with E-state index in [1.54, 1.807) is 4.31 Å². The molecular formula is C20H29FN4O5S. The molecule has 1 aromatic rings. The van der Waals surface area contributed by atoms with Gasteiger partial charge in [-0.3, -0.25) is 4.79 Å². The van der Waals surface area contributed by atoms with Gasteiger partial charge < -0.3 is 19.9 Å². The highest BCUT2D eigenvalue weighted by atomic mass is 32.2. The van der Waals surface area contributed by atoms with Crippen molar-refractivity contribution in [3.63, 3.8) is 0 Å². The van der Waals surface area contributed by atoms with Gasteiger partial charge in [-0.15, -0.1) is 0 Å². The fourth-order valence-electron chi connectivity index (χ4n) is 5.41. The van der Waals surface area contributed by atoms with E-state index >= 15 is 0 Å². The van der Waals surface area contributed by atoms with Crippen LogP contribution < -0.4 is 10.6 Å². The van der Waals surface area contributed by atoms with Crippen molar-refractivity contribution in [1.29, 1.82) is 0 Å². The van der Waals surface area contributed by atoms with Gasteiger partial charge in [0.1, 0.15) is 0 Å². The first-order valence-electron chi connectivity index (χ1n) is 11.1. The second-order valence-electron chi connectivity index (χ2n) is 9.36. The van der Waals surface area contributed by atoms with E-state index in [4.69, 9.17) is 9.26 Å². The molecule has 0 aromatic carbocycles. The van der Waals surface area contributed by atoms with Crippen LogP contribution in [0.15, 0.2) is 10.6 Å². The summed E-state index contributed by atoms with van der Waals surface area (Å²) in [5.41, 5.74) is -1.68. The van der Waals surface area contributed by atoms with Crippen LogP contribution in [0.2, 0.25) is 0 Å². The highest BCUT2D eigenvalue weighted by Gasteiger charge is 2.48. The summed E-state index contributed by atoms with van der Waals surface area (Å²) >= 11 is 0. The summed E-state index contributed by atoms with van der Waals surface area (Å²) in [5, 5.41) is 9.93. The Hall–Kier alpha value is -1.56. The van der Waals surface area contributed by atoms with Gasteiger partial charge in [0.25, 0.3) is 5.91 Å². The van der Waals surface area contributed by atoms with Crippen LogP contribution in [-0.2, 0) is 20.4 Å². The number of carbonyl (C=O) groups excluding carboxylic acids is 1. The molecule has 2 N–H and O–H groups in total. The number of carbonyl (C=O) groups is 1. The van der Waals surface area contributed by atoms with Crippen molar-refractivity contribution in [1.82, 2.24) is 20.1 Å². The number of piperidine rings is 2. The maximum atomic E-state index is 14.4. The number of hydrogen-bond acceptors (Lipinski definition) is 7. The Bertz CT molecular complexity index is 914. The zero-order valence-corrected chi connectivity index (χ0v) is 18.2. The molecular weight excluding hydrogens is 427 g/mol. The molecule has 0 aliphatic carbocycles. The summed E-state index contributed by atoms with van der Waals surface area (Å²) in [6, 6.07) is 1.03. The van der Waals surface area contributed by atoms with Crippen LogP contribution in [0.4, 0.5) is 4.39 Å². The molecule has 0 saturated carbocycles. The summed E-state index contributed by atoms with van der Waals surface area (Å²) < 4.78 is 52.3. The molecule has 4 saturated heterocycles. The zero-order valence-electron chi connectivity index (χ0n) is 17.4. The standard InChI is InChI=1S/C20H29FN4O5S/c21-20(11-29-12-20)18-9-17(24-30-18)19(26)23-14-7-15-1-2-16(8-14)25(15)31(27,28)10-13-3-5-22-6-4-13/h9,13-16,22H,1-8,10-12H2,(H,23,26)/t14?,15-,16+. The topological polar surface area (TPSA) is 114 Å². The Morgan fingerprint density at radius 2 is 1.90 bits per heavy atom. The van der Waals surface area contributed by atoms with Gasteiger partial charge >= 0.3 is 0 Å². The predicted molar refractivity (Wildman–Crippen MR) is 109 cm³/mol. The van der Waals surface area contributed by atoms with Gasteiger partial charge in [0.05, 0.1) is 19.0 Å². The third-order valence-electron chi connectivity index (χ3n) is 7.07. The van der Waals surface area contributed by atoms with Crippen molar-refractivity contribution in [3.8, 4) is 0 Å². The number of fused-ring (bicyclic) bond motifs is 2. The maximum Gasteiger partial charge on any atom is 0.273 e. The van der Waals surface area contributed by atoms with Gasteiger partial charge in [0, 0.05) is 24.2 Å². The minimum absolute atomic E-state index is 0.00259. The second-order valence-corrected chi connectivity index (χ2v) is 11.3. The lowest BCUT2D eigenvalue weighted by molar-refractivity contribution is -0.147. The number of halogens is 1. The van der Waals surface area contributed by atoms with Crippen molar-refractivity contribution in [2.75, 3.05) is 32.1 Å². The lowest BCUT2D eigenvalue weighted by Gasteiger charge is -2.39. The Labute approximate surface area is 181 Å². The third-order valence-corrected chi connectivity index (χ3v) is 9.20. The van der Waals surface area contributed by atoms with E-state index in [2.05, 4.69) is 15.8 Å². The number of alkyl halides is 1. The molecule has 1 amide bonds. The van der Waals surface area contributed by atoms with Crippen LogP contribution in [-0.4, -0.2) is 74.0 Å². The van der Waals surface area contributed by atoms with Gasteiger partial charge in [-0.05, 0) is 57.5 Å². The molecule has 5 heterocycles. The number of ether oxygens (including phenoxy) is 1. The molecule has 5 rings (SSSR count). The summed E-state index contributed by atoms with van der Waals surface area (Å²) in [6.45, 7) is 1.55. The Morgan fingerprint density at radius 3 is 2.52 bits per heavy atom. The van der Waals surface area contributed by atoms with Crippen LogP contribution in [0.3, 0.4) is 0 Å². The van der Waals surface area contributed by atoms with Gasteiger partial charge in [-0.1, -0.05) is 5.16 Å². The molecule has 1 unspecified atom stereocenters. The Kier molecular flexibility index (Phi) is 5.56. The second kappa shape index (κ2) is 8.09. The highest BCUT2D eigenvalue weighted by molar-refractivity contribution is 7.89. The van der Waals surface area contributed by atoms with Crippen LogP contribution in [0, 0.1) is 5.92 Å². The summed E-state index contributed by atoms with van der Waals surface area (Å²) in [6.07, 6.45) is 4.60. The van der Waals surface area contributed by atoms with Crippen molar-refractivity contribution < 1.29 is 26.9 Å². The largest absolute Gasteiger partial charge is 0.374 e. The van der Waals surface area contributed by atoms with E-state index in [1.807, 2.05) is 0 Å². The van der Waals surface area contributed by atoms with E-state index in [9.17, 15) is 17.6 Å². The summed E-state index contributed by atoms with van der Waals surface area (Å²) in [5.74, 6) is 0.0103. The number of hydrogen-bond donors (Lipinski definition) is 2.